The minimum atomic E-state index is -0.688. The third-order valence-electron chi connectivity index (χ3n) is 4.40. The number of halogens is 1. The number of carboxylic acids is 1. The lowest BCUT2D eigenvalue weighted by Crippen LogP contribution is -2.32. The number of hydrogen-bond donors (Lipinski definition) is 1. The zero-order valence-corrected chi connectivity index (χ0v) is 14.0. The highest BCUT2D eigenvalue weighted by molar-refractivity contribution is 6.30. The van der Waals surface area contributed by atoms with Crippen LogP contribution < -0.4 is 4.74 Å². The Hall–Kier alpha value is -1.75. The highest BCUT2D eigenvalue weighted by atomic mass is 35.5. The lowest BCUT2D eigenvalue weighted by atomic mass is 9.80. The number of benzene rings is 1. The van der Waals surface area contributed by atoms with Crippen molar-refractivity contribution < 1.29 is 19.4 Å². The Morgan fingerprint density at radius 1 is 1.22 bits per heavy atom. The van der Waals surface area contributed by atoms with Crippen LogP contribution >= 0.6 is 11.6 Å². The summed E-state index contributed by atoms with van der Waals surface area (Å²) < 4.78 is 5.27. The summed E-state index contributed by atoms with van der Waals surface area (Å²) in [5, 5.41) is 9.59. The van der Waals surface area contributed by atoms with Crippen molar-refractivity contribution in [1.82, 2.24) is 4.90 Å². The number of amides is 1. The molecule has 1 amide bonds. The van der Waals surface area contributed by atoms with Gasteiger partial charge in [0.1, 0.15) is 5.75 Å². The van der Waals surface area contributed by atoms with Crippen molar-refractivity contribution in [3.8, 4) is 5.75 Å². The zero-order chi connectivity index (χ0) is 16.8. The van der Waals surface area contributed by atoms with Gasteiger partial charge >= 0.3 is 12.1 Å². The van der Waals surface area contributed by atoms with Crippen LogP contribution in [0.4, 0.5) is 4.79 Å². The number of hydrogen-bond acceptors (Lipinski definition) is 3. The van der Waals surface area contributed by atoms with Gasteiger partial charge in [0.05, 0.1) is 5.92 Å². The van der Waals surface area contributed by atoms with Gasteiger partial charge in [0.15, 0.2) is 0 Å². The van der Waals surface area contributed by atoms with Gasteiger partial charge in [0.2, 0.25) is 0 Å². The fourth-order valence-corrected chi connectivity index (χ4v) is 2.97. The Balaban J connectivity index is 1.72. The molecule has 0 bridgehead atoms. The minimum Gasteiger partial charge on any atom is -0.481 e. The van der Waals surface area contributed by atoms with Crippen LogP contribution in [0.5, 0.6) is 5.75 Å². The second-order valence-corrected chi connectivity index (χ2v) is 6.52. The molecule has 1 aliphatic carbocycles. The van der Waals surface area contributed by atoms with Crippen molar-refractivity contribution in [2.75, 3.05) is 13.6 Å². The van der Waals surface area contributed by atoms with E-state index in [1.165, 1.54) is 0 Å². The molecule has 0 atom stereocenters. The Bertz CT molecular complexity index is 538. The molecule has 0 saturated heterocycles. The van der Waals surface area contributed by atoms with Crippen molar-refractivity contribution in [1.29, 1.82) is 0 Å². The molecule has 0 heterocycles. The summed E-state index contributed by atoms with van der Waals surface area (Å²) in [5.41, 5.74) is 0. The van der Waals surface area contributed by atoms with E-state index >= 15 is 0 Å². The topological polar surface area (TPSA) is 66.8 Å². The van der Waals surface area contributed by atoms with E-state index in [2.05, 4.69) is 0 Å². The smallest absolute Gasteiger partial charge is 0.414 e. The number of rotatable bonds is 5. The first-order valence-electron chi connectivity index (χ1n) is 7.87. The molecule has 0 aromatic heterocycles. The second kappa shape index (κ2) is 8.20. The van der Waals surface area contributed by atoms with E-state index in [0.717, 1.165) is 32.1 Å². The van der Waals surface area contributed by atoms with E-state index in [9.17, 15) is 9.59 Å². The summed E-state index contributed by atoms with van der Waals surface area (Å²) >= 11 is 5.79. The molecule has 1 aliphatic rings. The molecule has 1 aromatic carbocycles. The van der Waals surface area contributed by atoms with Crippen molar-refractivity contribution in [2.24, 2.45) is 11.8 Å². The number of ether oxygens (including phenoxy) is 1. The standard InChI is InChI=1S/C17H22ClNO4/c1-19(17(22)23-15-8-6-14(18)7-9-15)11-10-12-2-4-13(5-3-12)16(20)21/h6-9,12-13H,2-5,10-11H2,1H3,(H,20,21). The third kappa shape index (κ3) is 5.43. The largest absolute Gasteiger partial charge is 0.481 e. The number of carbonyl (C=O) groups excluding carboxylic acids is 1. The number of carboxylic acid groups (broad SMARTS) is 1. The van der Waals surface area contributed by atoms with E-state index in [-0.39, 0.29) is 5.92 Å². The van der Waals surface area contributed by atoms with Crippen molar-refractivity contribution in [3.05, 3.63) is 29.3 Å². The van der Waals surface area contributed by atoms with Crippen LogP contribution in [0.2, 0.25) is 5.02 Å². The molecule has 1 N–H and O–H groups in total. The van der Waals surface area contributed by atoms with Crippen LogP contribution in [0.1, 0.15) is 32.1 Å². The Morgan fingerprint density at radius 3 is 2.39 bits per heavy atom. The van der Waals surface area contributed by atoms with Gasteiger partial charge in [-0.2, -0.15) is 0 Å². The molecule has 0 radical (unpaired) electrons. The molecule has 0 unspecified atom stereocenters. The first kappa shape index (κ1) is 17.6. The van der Waals surface area contributed by atoms with E-state index in [1.54, 1.807) is 36.2 Å². The van der Waals surface area contributed by atoms with Crippen LogP contribution in [0.3, 0.4) is 0 Å². The predicted molar refractivity (Wildman–Crippen MR) is 87.8 cm³/mol. The summed E-state index contributed by atoms with van der Waals surface area (Å²) in [5.74, 6) is 0.0653. The molecule has 0 spiro atoms. The summed E-state index contributed by atoms with van der Waals surface area (Å²) in [6, 6.07) is 6.65. The van der Waals surface area contributed by atoms with Crippen molar-refractivity contribution in [2.45, 2.75) is 32.1 Å². The van der Waals surface area contributed by atoms with E-state index < -0.39 is 12.1 Å². The van der Waals surface area contributed by atoms with Gasteiger partial charge in [0.25, 0.3) is 0 Å². The molecule has 6 heteroatoms. The van der Waals surface area contributed by atoms with Gasteiger partial charge in [-0.1, -0.05) is 11.6 Å². The maximum atomic E-state index is 12.0. The molecule has 1 aromatic rings. The van der Waals surface area contributed by atoms with Crippen molar-refractivity contribution in [3.63, 3.8) is 0 Å². The number of nitrogens with zero attached hydrogens (tertiary/aromatic N) is 1. The summed E-state index contributed by atoms with van der Waals surface area (Å²) in [6.07, 6.45) is 3.77. The van der Waals surface area contributed by atoms with Gasteiger partial charge in [-0.15, -0.1) is 0 Å². The molecule has 1 saturated carbocycles. The Labute approximate surface area is 141 Å². The van der Waals surface area contributed by atoms with Crippen LogP contribution in [0.25, 0.3) is 0 Å². The molecule has 0 aliphatic heterocycles. The van der Waals surface area contributed by atoms with Crippen LogP contribution in [0, 0.1) is 11.8 Å². The van der Waals surface area contributed by atoms with Gasteiger partial charge in [-0.3, -0.25) is 4.79 Å². The van der Waals surface area contributed by atoms with Crippen molar-refractivity contribution >= 4 is 23.7 Å². The molecule has 1 fully saturated rings. The van der Waals surface area contributed by atoms with Gasteiger partial charge in [-0.25, -0.2) is 4.79 Å². The van der Waals surface area contributed by atoms with E-state index in [4.69, 9.17) is 21.4 Å². The zero-order valence-electron chi connectivity index (χ0n) is 13.2. The maximum Gasteiger partial charge on any atom is 0.414 e. The van der Waals surface area contributed by atoms with Gasteiger partial charge < -0.3 is 14.7 Å². The summed E-state index contributed by atoms with van der Waals surface area (Å²) in [4.78, 5) is 24.5. The molecule has 23 heavy (non-hydrogen) atoms. The SMILES string of the molecule is CN(CCC1CCC(C(=O)O)CC1)C(=O)Oc1ccc(Cl)cc1. The van der Waals surface area contributed by atoms with Crippen LogP contribution in [-0.2, 0) is 4.79 Å². The lowest BCUT2D eigenvalue weighted by Gasteiger charge is -2.27. The van der Waals surface area contributed by atoms with Crippen LogP contribution in [-0.4, -0.2) is 35.7 Å². The molecular weight excluding hydrogens is 318 g/mol. The number of carbonyl (C=O) groups is 2. The summed E-state index contributed by atoms with van der Waals surface area (Å²) in [6.45, 7) is 0.606. The van der Waals surface area contributed by atoms with E-state index in [0.29, 0.717) is 23.2 Å². The Morgan fingerprint density at radius 2 is 1.83 bits per heavy atom. The second-order valence-electron chi connectivity index (χ2n) is 6.09. The monoisotopic (exact) mass is 339 g/mol. The van der Waals surface area contributed by atoms with Gasteiger partial charge in [-0.05, 0) is 62.3 Å². The maximum absolute atomic E-state index is 12.0. The first-order valence-corrected chi connectivity index (χ1v) is 8.25. The first-order chi connectivity index (χ1) is 11.0. The number of aliphatic carboxylic acids is 1. The summed E-state index contributed by atoms with van der Waals surface area (Å²) in [7, 11) is 1.71. The third-order valence-corrected chi connectivity index (χ3v) is 4.65. The fourth-order valence-electron chi connectivity index (χ4n) is 2.85. The quantitative estimate of drug-likeness (QED) is 0.878. The molecule has 126 valence electrons. The minimum absolute atomic E-state index is 0.196. The predicted octanol–water partition coefficient (Wildman–Crippen LogP) is 4.05. The van der Waals surface area contributed by atoms with Crippen LogP contribution in [0.15, 0.2) is 24.3 Å². The fraction of sp³-hybridized carbons (Fsp3) is 0.529. The highest BCUT2D eigenvalue weighted by Gasteiger charge is 2.26. The molecular formula is C17H22ClNO4. The Kier molecular flexibility index (Phi) is 6.28. The lowest BCUT2D eigenvalue weighted by molar-refractivity contribution is -0.143. The van der Waals surface area contributed by atoms with Gasteiger partial charge in [0, 0.05) is 18.6 Å². The molecule has 2 rings (SSSR count). The van der Waals surface area contributed by atoms with E-state index in [1.807, 2.05) is 0 Å². The normalized spacial score (nSPS) is 20.8. The average Bonchev–Trinajstić information content (AvgIpc) is 2.55. The highest BCUT2D eigenvalue weighted by Crippen LogP contribution is 2.31. The molecule has 5 nitrogen and oxygen atoms in total. The average molecular weight is 340 g/mol.